The molecule has 2 aromatic rings. The molecule has 1 amide bonds. The number of halogens is 1. The Morgan fingerprint density at radius 1 is 1.19 bits per heavy atom. The van der Waals surface area contributed by atoms with Gasteiger partial charge in [-0.2, -0.15) is 0 Å². The van der Waals surface area contributed by atoms with Crippen molar-refractivity contribution in [3.05, 3.63) is 54.6 Å². The lowest BCUT2D eigenvalue weighted by molar-refractivity contribution is -0.116. The monoisotopic (exact) mass is 218 g/mol. The van der Waals surface area contributed by atoms with Crippen LogP contribution in [-0.2, 0) is 11.3 Å². The van der Waals surface area contributed by atoms with E-state index < -0.39 is 5.82 Å². The van der Waals surface area contributed by atoms with Crippen LogP contribution in [-0.4, -0.2) is 10.5 Å². The SMILES string of the molecule is O=C(Cn1cccc1)Nc1ccccc1F. The maximum atomic E-state index is 13.2. The highest BCUT2D eigenvalue weighted by Crippen LogP contribution is 2.12. The molecule has 0 spiro atoms. The lowest BCUT2D eigenvalue weighted by atomic mass is 10.3. The first-order valence-corrected chi connectivity index (χ1v) is 4.91. The van der Waals surface area contributed by atoms with Gasteiger partial charge in [0.05, 0.1) is 5.69 Å². The van der Waals surface area contributed by atoms with Crippen molar-refractivity contribution in [1.29, 1.82) is 0 Å². The number of benzene rings is 1. The first kappa shape index (κ1) is 10.4. The molecule has 0 saturated heterocycles. The van der Waals surface area contributed by atoms with Crippen molar-refractivity contribution in [2.24, 2.45) is 0 Å². The maximum Gasteiger partial charge on any atom is 0.244 e. The van der Waals surface area contributed by atoms with Crippen LogP contribution < -0.4 is 5.32 Å². The first-order chi connectivity index (χ1) is 7.75. The van der Waals surface area contributed by atoms with Gasteiger partial charge in [-0.1, -0.05) is 12.1 Å². The fraction of sp³-hybridized carbons (Fsp3) is 0.0833. The number of amides is 1. The number of rotatable bonds is 3. The Bertz CT molecular complexity index is 480. The summed E-state index contributed by atoms with van der Waals surface area (Å²) in [5.74, 6) is -0.676. The van der Waals surface area contributed by atoms with Crippen LogP contribution in [0, 0.1) is 5.82 Å². The third-order valence-electron chi connectivity index (χ3n) is 2.14. The van der Waals surface area contributed by atoms with Gasteiger partial charge >= 0.3 is 0 Å². The van der Waals surface area contributed by atoms with E-state index in [9.17, 15) is 9.18 Å². The highest BCUT2D eigenvalue weighted by atomic mass is 19.1. The lowest BCUT2D eigenvalue weighted by Crippen LogP contribution is -2.18. The molecule has 1 N–H and O–H groups in total. The van der Waals surface area contributed by atoms with E-state index >= 15 is 0 Å². The zero-order valence-corrected chi connectivity index (χ0v) is 8.56. The average molecular weight is 218 g/mol. The van der Waals surface area contributed by atoms with E-state index in [2.05, 4.69) is 5.32 Å². The van der Waals surface area contributed by atoms with Gasteiger partial charge in [0, 0.05) is 12.4 Å². The fourth-order valence-corrected chi connectivity index (χ4v) is 1.39. The summed E-state index contributed by atoms with van der Waals surface area (Å²) in [6.45, 7) is 0.182. The van der Waals surface area contributed by atoms with Gasteiger partial charge < -0.3 is 9.88 Å². The molecule has 0 bridgehead atoms. The largest absolute Gasteiger partial charge is 0.345 e. The molecule has 0 aliphatic heterocycles. The van der Waals surface area contributed by atoms with Gasteiger partial charge in [-0.15, -0.1) is 0 Å². The van der Waals surface area contributed by atoms with Crippen molar-refractivity contribution in [3.63, 3.8) is 0 Å². The van der Waals surface area contributed by atoms with Crippen molar-refractivity contribution >= 4 is 11.6 Å². The summed E-state index contributed by atoms with van der Waals surface area (Å²) in [5.41, 5.74) is 0.208. The average Bonchev–Trinajstić information content (AvgIpc) is 2.74. The summed E-state index contributed by atoms with van der Waals surface area (Å²) in [7, 11) is 0. The predicted molar refractivity (Wildman–Crippen MR) is 59.5 cm³/mol. The number of anilines is 1. The molecular weight excluding hydrogens is 207 g/mol. The minimum atomic E-state index is -0.427. The van der Waals surface area contributed by atoms with Gasteiger partial charge in [-0.25, -0.2) is 4.39 Å². The summed E-state index contributed by atoms with van der Waals surface area (Å²) in [6.07, 6.45) is 3.56. The molecular formula is C12H11FN2O. The number of hydrogen-bond acceptors (Lipinski definition) is 1. The zero-order chi connectivity index (χ0) is 11.4. The first-order valence-electron chi connectivity index (χ1n) is 4.91. The second-order valence-corrected chi connectivity index (χ2v) is 3.38. The quantitative estimate of drug-likeness (QED) is 0.842. The number of aromatic nitrogens is 1. The van der Waals surface area contributed by atoms with E-state index in [4.69, 9.17) is 0 Å². The van der Waals surface area contributed by atoms with Crippen molar-refractivity contribution in [2.45, 2.75) is 6.54 Å². The molecule has 0 aliphatic carbocycles. The summed E-state index contributed by atoms with van der Waals surface area (Å²) in [6, 6.07) is 9.76. The summed E-state index contributed by atoms with van der Waals surface area (Å²) in [4.78, 5) is 11.5. The van der Waals surface area contributed by atoms with Gasteiger partial charge in [0.25, 0.3) is 0 Å². The van der Waals surface area contributed by atoms with Crippen LogP contribution in [0.25, 0.3) is 0 Å². The fourth-order valence-electron chi connectivity index (χ4n) is 1.39. The topological polar surface area (TPSA) is 34.0 Å². The Morgan fingerprint density at radius 2 is 1.88 bits per heavy atom. The minimum absolute atomic E-state index is 0.182. The standard InChI is InChI=1S/C12H11FN2O/c13-10-5-1-2-6-11(10)14-12(16)9-15-7-3-4-8-15/h1-8H,9H2,(H,14,16). The van der Waals surface area contributed by atoms with Gasteiger partial charge in [0.15, 0.2) is 0 Å². The van der Waals surface area contributed by atoms with E-state index in [0.29, 0.717) is 0 Å². The number of nitrogens with one attached hydrogen (secondary N) is 1. The third-order valence-corrected chi connectivity index (χ3v) is 2.14. The van der Waals surface area contributed by atoms with Gasteiger partial charge in [-0.3, -0.25) is 4.79 Å². The molecule has 0 radical (unpaired) electrons. The Kier molecular flexibility index (Phi) is 3.00. The van der Waals surface area contributed by atoms with Crippen LogP contribution in [0.2, 0.25) is 0 Å². The van der Waals surface area contributed by atoms with Crippen LogP contribution in [0.3, 0.4) is 0 Å². The Labute approximate surface area is 92.5 Å². The zero-order valence-electron chi connectivity index (χ0n) is 8.56. The predicted octanol–water partition coefficient (Wildman–Crippen LogP) is 2.27. The molecule has 4 heteroatoms. The maximum absolute atomic E-state index is 13.2. The van der Waals surface area contributed by atoms with Crippen LogP contribution in [0.4, 0.5) is 10.1 Å². The van der Waals surface area contributed by atoms with Crippen molar-refractivity contribution in [1.82, 2.24) is 4.57 Å². The highest BCUT2D eigenvalue weighted by Gasteiger charge is 2.05. The number of carbonyl (C=O) groups is 1. The molecule has 0 unspecified atom stereocenters. The molecule has 1 aromatic heterocycles. The second kappa shape index (κ2) is 4.61. The molecule has 3 nitrogen and oxygen atoms in total. The second-order valence-electron chi connectivity index (χ2n) is 3.38. The van der Waals surface area contributed by atoms with Crippen molar-refractivity contribution in [3.8, 4) is 0 Å². The lowest BCUT2D eigenvalue weighted by Gasteiger charge is -2.06. The molecule has 0 saturated carbocycles. The van der Waals surface area contributed by atoms with Crippen LogP contribution in [0.1, 0.15) is 0 Å². The van der Waals surface area contributed by atoms with E-state index in [0.717, 1.165) is 0 Å². The molecule has 2 rings (SSSR count). The third kappa shape index (κ3) is 2.48. The smallest absolute Gasteiger partial charge is 0.244 e. The summed E-state index contributed by atoms with van der Waals surface area (Å²) in [5, 5.41) is 2.51. The van der Waals surface area contributed by atoms with Gasteiger partial charge in [-0.05, 0) is 24.3 Å². The molecule has 16 heavy (non-hydrogen) atoms. The van der Waals surface area contributed by atoms with Crippen LogP contribution in [0.5, 0.6) is 0 Å². The Morgan fingerprint density at radius 3 is 2.56 bits per heavy atom. The van der Waals surface area contributed by atoms with Gasteiger partial charge in [0.2, 0.25) is 5.91 Å². The molecule has 0 aliphatic rings. The molecule has 1 heterocycles. The van der Waals surface area contributed by atoms with Crippen LogP contribution >= 0.6 is 0 Å². The number of carbonyl (C=O) groups excluding carboxylic acids is 1. The highest BCUT2D eigenvalue weighted by molar-refractivity contribution is 5.90. The number of nitrogens with zero attached hydrogens (tertiary/aromatic N) is 1. The Hall–Kier alpha value is -2.10. The van der Waals surface area contributed by atoms with E-state index in [-0.39, 0.29) is 18.1 Å². The summed E-state index contributed by atoms with van der Waals surface area (Å²) >= 11 is 0. The van der Waals surface area contributed by atoms with E-state index in [1.165, 1.54) is 12.1 Å². The molecule has 0 fully saturated rings. The van der Waals surface area contributed by atoms with Gasteiger partial charge in [0.1, 0.15) is 12.4 Å². The number of para-hydroxylation sites is 1. The van der Waals surface area contributed by atoms with Crippen LogP contribution in [0.15, 0.2) is 48.8 Å². The normalized spacial score (nSPS) is 10.1. The Balaban J connectivity index is 2.00. The van der Waals surface area contributed by atoms with Crippen molar-refractivity contribution < 1.29 is 9.18 Å². The molecule has 82 valence electrons. The van der Waals surface area contributed by atoms with E-state index in [1.54, 1.807) is 29.1 Å². The summed E-state index contributed by atoms with van der Waals surface area (Å²) < 4.78 is 14.9. The van der Waals surface area contributed by atoms with Crippen molar-refractivity contribution in [2.75, 3.05) is 5.32 Å². The molecule has 1 aromatic carbocycles. The number of hydrogen-bond donors (Lipinski definition) is 1. The minimum Gasteiger partial charge on any atom is -0.345 e. The molecule has 0 atom stereocenters. The van der Waals surface area contributed by atoms with E-state index in [1.807, 2.05) is 12.1 Å².